The molecule has 17 heavy (non-hydrogen) atoms. The molecule has 0 aliphatic heterocycles. The van der Waals surface area contributed by atoms with Crippen LogP contribution in [-0.2, 0) is 0 Å². The molecule has 2 radical (unpaired) electrons. The molecular weight excluding hydrogens is 249 g/mol. The van der Waals surface area contributed by atoms with Crippen molar-refractivity contribution in [3.05, 3.63) is 38.7 Å². The molecule has 0 aliphatic carbocycles. The van der Waals surface area contributed by atoms with Gasteiger partial charge in [0.2, 0.25) is 7.98 Å². The Labute approximate surface area is 107 Å². The minimum atomic E-state index is 0.0617. The topological polar surface area (TPSA) is 29.1 Å². The number of benzene rings is 1. The van der Waals surface area contributed by atoms with Gasteiger partial charge in [0.1, 0.15) is 0 Å². The van der Waals surface area contributed by atoms with E-state index in [1.807, 2.05) is 29.8 Å². The second kappa shape index (κ2) is 3.86. The molecule has 0 spiro atoms. The summed E-state index contributed by atoms with van der Waals surface area (Å²) in [4.78, 5) is 12.4. The van der Waals surface area contributed by atoms with Gasteiger partial charge in [-0.1, -0.05) is 6.07 Å². The van der Waals surface area contributed by atoms with E-state index in [9.17, 15) is 4.79 Å². The normalized spacial score (nSPS) is 11.1. The molecule has 1 N–H and O–H groups in total. The van der Waals surface area contributed by atoms with Crippen molar-refractivity contribution in [2.45, 2.75) is 6.92 Å². The summed E-state index contributed by atoms with van der Waals surface area (Å²) in [5, 5.41) is 8.00. The van der Waals surface area contributed by atoms with Gasteiger partial charge in [0.15, 0.2) is 5.43 Å². The first-order valence-electron chi connectivity index (χ1n) is 5.11. The van der Waals surface area contributed by atoms with E-state index in [0.29, 0.717) is 11.1 Å². The molecule has 0 unspecified atom stereocenters. The Morgan fingerprint density at radius 3 is 2.88 bits per heavy atom. The number of hydrogen-bond donors (Lipinski definition) is 1. The average Bonchev–Trinajstić information content (AvgIpc) is 2.79. The molecule has 2 heterocycles. The second-order valence-corrected chi connectivity index (χ2v) is 5.66. The first-order valence-corrected chi connectivity index (χ1v) is 6.87. The molecule has 0 bridgehead atoms. The molecule has 0 saturated carbocycles. The van der Waals surface area contributed by atoms with Crippen molar-refractivity contribution in [3.63, 3.8) is 0 Å². The SMILES string of the molecule is [B]Nc1ccc(C)c2sc3cscc3c(=O)c12. The minimum absolute atomic E-state index is 0.0617. The molecule has 0 amide bonds. The summed E-state index contributed by atoms with van der Waals surface area (Å²) in [6.07, 6.45) is 0. The van der Waals surface area contributed by atoms with Crippen LogP contribution >= 0.6 is 22.7 Å². The highest BCUT2D eigenvalue weighted by molar-refractivity contribution is 7.27. The third kappa shape index (κ3) is 1.50. The zero-order valence-corrected chi connectivity index (χ0v) is 10.7. The van der Waals surface area contributed by atoms with Crippen LogP contribution in [0.4, 0.5) is 5.69 Å². The van der Waals surface area contributed by atoms with E-state index in [1.165, 1.54) is 0 Å². The molecule has 2 nitrogen and oxygen atoms in total. The Morgan fingerprint density at radius 1 is 1.29 bits per heavy atom. The van der Waals surface area contributed by atoms with Crippen LogP contribution in [0, 0.1) is 6.92 Å². The van der Waals surface area contributed by atoms with Crippen LogP contribution in [0.1, 0.15) is 5.56 Å². The predicted octanol–water partition coefficient (Wildman–Crippen LogP) is 3.28. The van der Waals surface area contributed by atoms with Crippen LogP contribution < -0.4 is 10.7 Å². The van der Waals surface area contributed by atoms with E-state index in [4.69, 9.17) is 7.98 Å². The smallest absolute Gasteiger partial charge is 0.222 e. The molecule has 0 saturated heterocycles. The minimum Gasteiger partial charge on any atom is -0.437 e. The van der Waals surface area contributed by atoms with Crippen LogP contribution in [0.25, 0.3) is 20.2 Å². The molecule has 0 fully saturated rings. The maximum Gasteiger partial charge on any atom is 0.222 e. The lowest BCUT2D eigenvalue weighted by molar-refractivity contribution is 1.55. The van der Waals surface area contributed by atoms with Crippen molar-refractivity contribution < 1.29 is 0 Å². The first-order chi connectivity index (χ1) is 8.22. The maximum absolute atomic E-state index is 12.4. The standard InChI is InChI=1S/C12H8BNOS2/c1-6-2-3-8(14-13)10-11(15)7-4-16-5-9(7)17-12(6)10/h2-5,14H,1H3. The summed E-state index contributed by atoms with van der Waals surface area (Å²) < 4.78 is 2.06. The van der Waals surface area contributed by atoms with Crippen LogP contribution in [-0.4, -0.2) is 7.98 Å². The highest BCUT2D eigenvalue weighted by Crippen LogP contribution is 2.32. The van der Waals surface area contributed by atoms with Gasteiger partial charge in [-0.3, -0.25) is 4.79 Å². The lowest BCUT2D eigenvalue weighted by Crippen LogP contribution is -2.04. The van der Waals surface area contributed by atoms with Crippen LogP contribution in [0.5, 0.6) is 0 Å². The number of anilines is 1. The Morgan fingerprint density at radius 2 is 2.12 bits per heavy atom. The fourth-order valence-electron chi connectivity index (χ4n) is 1.94. The summed E-state index contributed by atoms with van der Waals surface area (Å²) in [7, 11) is 5.47. The number of aryl methyl sites for hydroxylation is 1. The van der Waals surface area contributed by atoms with Crippen molar-refractivity contribution >= 4 is 56.5 Å². The monoisotopic (exact) mass is 257 g/mol. The third-order valence-corrected chi connectivity index (χ3v) is 5.00. The molecule has 0 aliphatic rings. The van der Waals surface area contributed by atoms with Gasteiger partial charge in [-0.2, -0.15) is 11.3 Å². The molecule has 82 valence electrons. The predicted molar refractivity (Wildman–Crippen MR) is 77.6 cm³/mol. The van der Waals surface area contributed by atoms with Crippen molar-refractivity contribution in [2.24, 2.45) is 0 Å². The lowest BCUT2D eigenvalue weighted by Gasteiger charge is -2.07. The van der Waals surface area contributed by atoms with E-state index >= 15 is 0 Å². The van der Waals surface area contributed by atoms with E-state index in [1.54, 1.807) is 22.7 Å². The van der Waals surface area contributed by atoms with Gasteiger partial charge in [0, 0.05) is 25.8 Å². The summed E-state index contributed by atoms with van der Waals surface area (Å²) in [6, 6.07) is 3.83. The molecular formula is C12H8BNOS2. The van der Waals surface area contributed by atoms with Crippen molar-refractivity contribution in [2.75, 3.05) is 5.23 Å². The van der Waals surface area contributed by atoms with Crippen molar-refractivity contribution in [1.82, 2.24) is 0 Å². The Balaban J connectivity index is 2.65. The highest BCUT2D eigenvalue weighted by Gasteiger charge is 2.11. The summed E-state index contributed by atoms with van der Waals surface area (Å²) >= 11 is 3.20. The molecule has 3 rings (SSSR count). The second-order valence-electron chi connectivity index (χ2n) is 3.86. The fraction of sp³-hybridized carbons (Fsp3) is 0.0833. The molecule has 2 aromatic heterocycles. The van der Waals surface area contributed by atoms with E-state index in [-0.39, 0.29) is 5.43 Å². The molecule has 1 aromatic carbocycles. The van der Waals surface area contributed by atoms with Gasteiger partial charge >= 0.3 is 0 Å². The number of hydrogen-bond acceptors (Lipinski definition) is 4. The van der Waals surface area contributed by atoms with Crippen LogP contribution in [0.2, 0.25) is 0 Å². The zero-order chi connectivity index (χ0) is 12.0. The number of rotatable bonds is 1. The fourth-order valence-corrected chi connectivity index (χ4v) is 4.08. The summed E-state index contributed by atoms with van der Waals surface area (Å²) in [6.45, 7) is 2.01. The third-order valence-electron chi connectivity index (χ3n) is 2.82. The van der Waals surface area contributed by atoms with E-state index in [2.05, 4.69) is 5.23 Å². The molecule has 3 aromatic rings. The van der Waals surface area contributed by atoms with Crippen LogP contribution in [0.3, 0.4) is 0 Å². The van der Waals surface area contributed by atoms with E-state index in [0.717, 1.165) is 20.3 Å². The van der Waals surface area contributed by atoms with Crippen LogP contribution in [0.15, 0.2) is 27.7 Å². The van der Waals surface area contributed by atoms with Crippen molar-refractivity contribution in [1.29, 1.82) is 0 Å². The maximum atomic E-state index is 12.4. The Bertz CT molecular complexity index is 775. The number of nitrogens with one attached hydrogen (secondary N) is 1. The highest BCUT2D eigenvalue weighted by atomic mass is 32.1. The van der Waals surface area contributed by atoms with Gasteiger partial charge in [-0.05, 0) is 18.6 Å². The number of fused-ring (bicyclic) bond motifs is 2. The van der Waals surface area contributed by atoms with E-state index < -0.39 is 0 Å². The molecule has 0 atom stereocenters. The Hall–Kier alpha value is -1.33. The largest absolute Gasteiger partial charge is 0.437 e. The van der Waals surface area contributed by atoms with Gasteiger partial charge in [-0.15, -0.1) is 11.3 Å². The number of thiophene rings is 1. The van der Waals surface area contributed by atoms with Gasteiger partial charge in [0.05, 0.1) is 10.8 Å². The summed E-state index contributed by atoms with van der Waals surface area (Å²) in [5.41, 5.74) is 1.86. The van der Waals surface area contributed by atoms with Gasteiger partial charge < -0.3 is 5.23 Å². The summed E-state index contributed by atoms with van der Waals surface area (Å²) in [5.74, 6) is 0. The first kappa shape index (κ1) is 10.8. The Kier molecular flexibility index (Phi) is 2.45. The lowest BCUT2D eigenvalue weighted by atomic mass is 10.1. The quantitative estimate of drug-likeness (QED) is 0.678. The average molecular weight is 257 g/mol. The molecule has 5 heteroatoms. The van der Waals surface area contributed by atoms with Gasteiger partial charge in [0.25, 0.3) is 0 Å². The van der Waals surface area contributed by atoms with Gasteiger partial charge in [-0.25, -0.2) is 0 Å². The van der Waals surface area contributed by atoms with Crippen molar-refractivity contribution in [3.8, 4) is 0 Å². The zero-order valence-electron chi connectivity index (χ0n) is 9.11.